The van der Waals surface area contributed by atoms with Gasteiger partial charge < -0.3 is 10.2 Å². The zero-order valence-electron chi connectivity index (χ0n) is 15.8. The van der Waals surface area contributed by atoms with E-state index in [0.717, 1.165) is 84.0 Å². The van der Waals surface area contributed by atoms with E-state index in [9.17, 15) is 14.9 Å². The monoisotopic (exact) mass is 360 g/mol. The van der Waals surface area contributed by atoms with Crippen LogP contribution in [0.4, 0.5) is 0 Å². The van der Waals surface area contributed by atoms with Crippen molar-refractivity contribution in [3.8, 4) is 6.07 Å². The van der Waals surface area contributed by atoms with Crippen LogP contribution < -0.4 is 5.32 Å². The Balaban J connectivity index is 1.42. The molecule has 1 aliphatic carbocycles. The number of nitrogens with one attached hydrogen (secondary N) is 1. The molecule has 0 aromatic heterocycles. The first-order chi connectivity index (χ1) is 12.6. The van der Waals surface area contributed by atoms with Crippen molar-refractivity contribution in [2.24, 2.45) is 5.92 Å². The Bertz CT molecular complexity index is 537. The van der Waals surface area contributed by atoms with Crippen molar-refractivity contribution in [1.29, 1.82) is 5.26 Å². The van der Waals surface area contributed by atoms with Gasteiger partial charge in [0, 0.05) is 19.0 Å². The van der Waals surface area contributed by atoms with Crippen molar-refractivity contribution in [3.63, 3.8) is 0 Å². The second-order valence-corrected chi connectivity index (χ2v) is 8.24. The molecule has 0 spiro atoms. The molecule has 144 valence electrons. The number of nitrogens with zero attached hydrogens (tertiary/aromatic N) is 3. The fraction of sp³-hybridized carbons (Fsp3) is 0.850. The van der Waals surface area contributed by atoms with Gasteiger partial charge in [-0.25, -0.2) is 0 Å². The van der Waals surface area contributed by atoms with Gasteiger partial charge in [-0.05, 0) is 58.0 Å². The summed E-state index contributed by atoms with van der Waals surface area (Å²) < 4.78 is 0. The highest BCUT2D eigenvalue weighted by Crippen LogP contribution is 2.27. The summed E-state index contributed by atoms with van der Waals surface area (Å²) >= 11 is 0. The van der Waals surface area contributed by atoms with Crippen molar-refractivity contribution in [1.82, 2.24) is 15.1 Å². The fourth-order valence-corrected chi connectivity index (χ4v) is 4.64. The van der Waals surface area contributed by atoms with E-state index in [-0.39, 0.29) is 11.8 Å². The van der Waals surface area contributed by atoms with Crippen LogP contribution in [0.25, 0.3) is 0 Å². The standard InChI is InChI=1S/C20H32N4O2/c21-16-20(9-3-1-4-10-20)22-18(25)15-23-13-7-17(8-14-23)19(26)24-11-5-2-6-12-24/h17H,1-15H2,(H,22,25). The number of amides is 2. The molecule has 3 aliphatic rings. The van der Waals surface area contributed by atoms with Gasteiger partial charge in [0.2, 0.25) is 11.8 Å². The number of carbonyl (C=O) groups is 2. The molecule has 2 heterocycles. The molecular formula is C20H32N4O2. The molecule has 3 rings (SSSR count). The molecule has 1 saturated carbocycles. The third-order valence-electron chi connectivity index (χ3n) is 6.27. The Kier molecular flexibility index (Phi) is 6.53. The number of piperidine rings is 2. The minimum Gasteiger partial charge on any atom is -0.342 e. The Morgan fingerprint density at radius 3 is 2.19 bits per heavy atom. The highest BCUT2D eigenvalue weighted by Gasteiger charge is 2.35. The summed E-state index contributed by atoms with van der Waals surface area (Å²) in [4.78, 5) is 29.2. The van der Waals surface area contributed by atoms with Crippen LogP contribution in [0, 0.1) is 17.2 Å². The van der Waals surface area contributed by atoms with Gasteiger partial charge in [-0.3, -0.25) is 14.5 Å². The van der Waals surface area contributed by atoms with Crippen LogP contribution in [-0.2, 0) is 9.59 Å². The van der Waals surface area contributed by atoms with Gasteiger partial charge in [0.15, 0.2) is 0 Å². The fourth-order valence-electron chi connectivity index (χ4n) is 4.64. The number of hydrogen-bond acceptors (Lipinski definition) is 4. The van der Waals surface area contributed by atoms with Gasteiger partial charge in [0.05, 0.1) is 12.6 Å². The highest BCUT2D eigenvalue weighted by molar-refractivity contribution is 5.80. The summed E-state index contributed by atoms with van der Waals surface area (Å²) in [5.41, 5.74) is -0.655. The van der Waals surface area contributed by atoms with E-state index in [1.54, 1.807) is 0 Å². The van der Waals surface area contributed by atoms with E-state index in [1.165, 1.54) is 6.42 Å². The van der Waals surface area contributed by atoms with Crippen LogP contribution in [0.1, 0.15) is 64.2 Å². The van der Waals surface area contributed by atoms with Crippen LogP contribution >= 0.6 is 0 Å². The van der Waals surface area contributed by atoms with Crippen molar-refractivity contribution in [2.75, 3.05) is 32.7 Å². The van der Waals surface area contributed by atoms with Gasteiger partial charge in [0.1, 0.15) is 5.54 Å². The lowest BCUT2D eigenvalue weighted by atomic mass is 9.83. The highest BCUT2D eigenvalue weighted by atomic mass is 16.2. The first kappa shape index (κ1) is 19.2. The molecule has 26 heavy (non-hydrogen) atoms. The second kappa shape index (κ2) is 8.85. The molecule has 3 fully saturated rings. The summed E-state index contributed by atoms with van der Waals surface area (Å²) in [7, 11) is 0. The molecular weight excluding hydrogens is 328 g/mol. The Morgan fingerprint density at radius 2 is 1.58 bits per heavy atom. The summed E-state index contributed by atoms with van der Waals surface area (Å²) in [5, 5.41) is 12.5. The normalized spacial score (nSPS) is 24.7. The van der Waals surface area contributed by atoms with E-state index in [4.69, 9.17) is 0 Å². The molecule has 2 aliphatic heterocycles. The van der Waals surface area contributed by atoms with Gasteiger partial charge in [-0.2, -0.15) is 5.26 Å². The van der Waals surface area contributed by atoms with Gasteiger partial charge in [-0.1, -0.05) is 19.3 Å². The van der Waals surface area contributed by atoms with Crippen molar-refractivity contribution < 1.29 is 9.59 Å². The summed E-state index contributed by atoms with van der Waals surface area (Å²) in [6, 6.07) is 2.34. The molecule has 0 aromatic carbocycles. The van der Waals surface area contributed by atoms with E-state index in [1.807, 2.05) is 4.90 Å². The minimum atomic E-state index is -0.655. The van der Waals surface area contributed by atoms with Crippen LogP contribution in [0.15, 0.2) is 0 Å². The average Bonchev–Trinajstić information content (AvgIpc) is 2.69. The molecule has 0 aromatic rings. The Labute approximate surface area is 156 Å². The Hall–Kier alpha value is -1.61. The lowest BCUT2D eigenvalue weighted by molar-refractivity contribution is -0.138. The number of rotatable bonds is 4. The maximum absolute atomic E-state index is 12.6. The van der Waals surface area contributed by atoms with Crippen molar-refractivity contribution >= 4 is 11.8 Å². The Morgan fingerprint density at radius 1 is 0.962 bits per heavy atom. The predicted molar refractivity (Wildman–Crippen MR) is 99.2 cm³/mol. The van der Waals surface area contributed by atoms with Crippen molar-refractivity contribution in [2.45, 2.75) is 69.7 Å². The molecule has 2 saturated heterocycles. The molecule has 6 heteroatoms. The molecule has 6 nitrogen and oxygen atoms in total. The summed E-state index contributed by atoms with van der Waals surface area (Å²) in [6.45, 7) is 3.75. The zero-order chi connectivity index (χ0) is 18.4. The van der Waals surface area contributed by atoms with Crippen LogP contribution in [-0.4, -0.2) is 59.9 Å². The lowest BCUT2D eigenvalue weighted by Gasteiger charge is -2.36. The van der Waals surface area contributed by atoms with Crippen LogP contribution in [0.5, 0.6) is 0 Å². The topological polar surface area (TPSA) is 76.4 Å². The second-order valence-electron chi connectivity index (χ2n) is 8.24. The van der Waals surface area contributed by atoms with Gasteiger partial charge in [-0.15, -0.1) is 0 Å². The summed E-state index contributed by atoms with van der Waals surface area (Å²) in [6.07, 6.45) is 9.88. The number of carbonyl (C=O) groups excluding carboxylic acids is 2. The van der Waals surface area contributed by atoms with E-state index in [0.29, 0.717) is 12.5 Å². The van der Waals surface area contributed by atoms with E-state index < -0.39 is 5.54 Å². The van der Waals surface area contributed by atoms with Crippen molar-refractivity contribution in [3.05, 3.63) is 0 Å². The maximum atomic E-state index is 12.6. The van der Waals surface area contributed by atoms with Crippen LogP contribution in [0.2, 0.25) is 0 Å². The zero-order valence-corrected chi connectivity index (χ0v) is 15.8. The summed E-state index contributed by atoms with van der Waals surface area (Å²) in [5.74, 6) is 0.393. The number of hydrogen-bond donors (Lipinski definition) is 1. The first-order valence-electron chi connectivity index (χ1n) is 10.4. The van der Waals surface area contributed by atoms with E-state index in [2.05, 4.69) is 16.3 Å². The maximum Gasteiger partial charge on any atom is 0.235 e. The molecule has 0 bridgehead atoms. The SMILES string of the molecule is N#CC1(NC(=O)CN2CCC(C(=O)N3CCCCC3)CC2)CCCCC1. The molecule has 0 atom stereocenters. The number of nitriles is 1. The molecule has 1 N–H and O–H groups in total. The van der Waals surface area contributed by atoms with Gasteiger partial charge in [0.25, 0.3) is 0 Å². The first-order valence-corrected chi connectivity index (χ1v) is 10.4. The average molecular weight is 361 g/mol. The molecule has 0 unspecified atom stereocenters. The van der Waals surface area contributed by atoms with Gasteiger partial charge >= 0.3 is 0 Å². The quantitative estimate of drug-likeness (QED) is 0.832. The minimum absolute atomic E-state index is 0.0470. The molecule has 0 radical (unpaired) electrons. The largest absolute Gasteiger partial charge is 0.342 e. The predicted octanol–water partition coefficient (Wildman–Crippen LogP) is 2.05. The smallest absolute Gasteiger partial charge is 0.235 e. The third kappa shape index (κ3) is 4.76. The number of likely N-dealkylation sites (tertiary alicyclic amines) is 2. The lowest BCUT2D eigenvalue weighted by Crippen LogP contribution is -2.52. The molecule has 2 amide bonds. The third-order valence-corrected chi connectivity index (χ3v) is 6.27. The van der Waals surface area contributed by atoms with E-state index >= 15 is 0 Å². The van der Waals surface area contributed by atoms with Crippen LogP contribution in [0.3, 0.4) is 0 Å².